The fourth-order valence-electron chi connectivity index (χ4n) is 1.66. The number of benzene rings is 1. The third kappa shape index (κ3) is 6.39. The van der Waals surface area contributed by atoms with E-state index in [0.29, 0.717) is 18.9 Å². The van der Waals surface area contributed by atoms with Crippen molar-refractivity contribution >= 4 is 21.8 Å². The lowest BCUT2D eigenvalue weighted by Crippen LogP contribution is -2.30. The molecular formula is C15H23BrN2O2. The molecule has 1 amide bonds. The number of amides is 1. The fraction of sp³-hybridized carbons (Fsp3) is 0.533. The van der Waals surface area contributed by atoms with E-state index in [-0.39, 0.29) is 5.91 Å². The zero-order chi connectivity index (χ0) is 15.0. The topological polar surface area (TPSA) is 50.4 Å². The number of ether oxygens (including phenoxy) is 1. The van der Waals surface area contributed by atoms with Crippen molar-refractivity contribution in [2.45, 2.75) is 26.8 Å². The van der Waals surface area contributed by atoms with E-state index >= 15 is 0 Å². The van der Waals surface area contributed by atoms with Crippen LogP contribution in [0.15, 0.2) is 22.7 Å². The summed E-state index contributed by atoms with van der Waals surface area (Å²) in [6, 6.07) is 5.95. The van der Waals surface area contributed by atoms with Crippen LogP contribution in [0.25, 0.3) is 0 Å². The van der Waals surface area contributed by atoms with E-state index in [0.717, 1.165) is 28.9 Å². The Bertz CT molecular complexity index is 436. The van der Waals surface area contributed by atoms with Crippen molar-refractivity contribution in [2.75, 3.05) is 20.2 Å². The van der Waals surface area contributed by atoms with Crippen molar-refractivity contribution in [3.8, 4) is 5.75 Å². The van der Waals surface area contributed by atoms with Crippen LogP contribution in [0.4, 0.5) is 0 Å². The average molecular weight is 343 g/mol. The van der Waals surface area contributed by atoms with E-state index in [1.807, 2.05) is 18.2 Å². The normalized spacial score (nSPS) is 10.7. The third-order valence-corrected chi connectivity index (χ3v) is 3.40. The van der Waals surface area contributed by atoms with Crippen molar-refractivity contribution < 1.29 is 9.53 Å². The van der Waals surface area contributed by atoms with Crippen LogP contribution >= 0.6 is 15.9 Å². The van der Waals surface area contributed by atoms with Crippen LogP contribution in [0.5, 0.6) is 5.75 Å². The number of methoxy groups -OCH3 is 1. The van der Waals surface area contributed by atoms with Gasteiger partial charge >= 0.3 is 0 Å². The smallest absolute Gasteiger partial charge is 0.221 e. The molecule has 2 N–H and O–H groups in total. The van der Waals surface area contributed by atoms with Crippen LogP contribution < -0.4 is 15.4 Å². The van der Waals surface area contributed by atoms with E-state index in [2.05, 4.69) is 40.4 Å². The summed E-state index contributed by atoms with van der Waals surface area (Å²) in [5, 5.41) is 6.16. The molecule has 0 bridgehead atoms. The van der Waals surface area contributed by atoms with Gasteiger partial charge in [-0.2, -0.15) is 0 Å². The standard InChI is InChI=1S/C15H23BrN2O2/c1-11(2)9-18-15(19)6-7-17-10-12-4-5-14(20-3)13(16)8-12/h4-5,8,11,17H,6-7,9-10H2,1-3H3,(H,18,19). The molecule has 0 aliphatic heterocycles. The van der Waals surface area contributed by atoms with Gasteiger partial charge in [0.25, 0.3) is 0 Å². The minimum absolute atomic E-state index is 0.0992. The second-order valence-corrected chi connectivity index (χ2v) is 5.95. The lowest BCUT2D eigenvalue weighted by atomic mass is 10.2. The number of carbonyl (C=O) groups excluding carboxylic acids is 1. The molecule has 0 saturated heterocycles. The lowest BCUT2D eigenvalue weighted by Gasteiger charge is -2.09. The molecule has 5 heteroatoms. The van der Waals surface area contributed by atoms with Crippen LogP contribution in [0.3, 0.4) is 0 Å². The van der Waals surface area contributed by atoms with Gasteiger partial charge in [-0.3, -0.25) is 4.79 Å². The summed E-state index contributed by atoms with van der Waals surface area (Å²) in [6.45, 7) is 6.32. The molecule has 0 unspecified atom stereocenters. The summed E-state index contributed by atoms with van der Waals surface area (Å²) in [7, 11) is 1.65. The van der Waals surface area contributed by atoms with Crippen molar-refractivity contribution in [1.29, 1.82) is 0 Å². The first-order valence-corrected chi connectivity index (χ1v) is 7.62. The molecule has 0 saturated carbocycles. The Balaban J connectivity index is 2.24. The first-order chi connectivity index (χ1) is 9.52. The van der Waals surface area contributed by atoms with Crippen LogP contribution in [-0.2, 0) is 11.3 Å². The van der Waals surface area contributed by atoms with Gasteiger partial charge in [-0.15, -0.1) is 0 Å². The van der Waals surface area contributed by atoms with Gasteiger partial charge in [0.05, 0.1) is 11.6 Å². The summed E-state index contributed by atoms with van der Waals surface area (Å²) in [6.07, 6.45) is 0.504. The molecule has 0 radical (unpaired) electrons. The Morgan fingerprint density at radius 3 is 2.75 bits per heavy atom. The largest absolute Gasteiger partial charge is 0.496 e. The monoisotopic (exact) mass is 342 g/mol. The molecule has 0 heterocycles. The quantitative estimate of drug-likeness (QED) is 0.714. The van der Waals surface area contributed by atoms with E-state index in [4.69, 9.17) is 4.74 Å². The second-order valence-electron chi connectivity index (χ2n) is 5.09. The molecule has 4 nitrogen and oxygen atoms in total. The highest BCUT2D eigenvalue weighted by Gasteiger charge is 2.03. The van der Waals surface area contributed by atoms with Gasteiger partial charge in [-0.05, 0) is 39.5 Å². The maximum Gasteiger partial charge on any atom is 0.221 e. The van der Waals surface area contributed by atoms with E-state index in [1.54, 1.807) is 7.11 Å². The van der Waals surface area contributed by atoms with Gasteiger partial charge in [0, 0.05) is 26.1 Å². The molecule has 112 valence electrons. The van der Waals surface area contributed by atoms with E-state index in [1.165, 1.54) is 0 Å². The van der Waals surface area contributed by atoms with Crippen molar-refractivity contribution in [2.24, 2.45) is 5.92 Å². The summed E-state index contributed by atoms with van der Waals surface area (Å²) in [5.74, 6) is 1.41. The maximum absolute atomic E-state index is 11.5. The van der Waals surface area contributed by atoms with Crippen LogP contribution in [0.2, 0.25) is 0 Å². The molecule has 1 rings (SSSR count). The highest BCUT2D eigenvalue weighted by molar-refractivity contribution is 9.10. The Morgan fingerprint density at radius 2 is 2.15 bits per heavy atom. The Morgan fingerprint density at radius 1 is 1.40 bits per heavy atom. The van der Waals surface area contributed by atoms with E-state index < -0.39 is 0 Å². The maximum atomic E-state index is 11.5. The first kappa shape index (κ1) is 17.0. The molecular weight excluding hydrogens is 320 g/mol. The van der Waals surface area contributed by atoms with Crippen LogP contribution in [-0.4, -0.2) is 26.1 Å². The Hall–Kier alpha value is -1.07. The van der Waals surface area contributed by atoms with Crippen LogP contribution in [0.1, 0.15) is 25.8 Å². The molecule has 0 spiro atoms. The molecule has 0 aliphatic rings. The Kier molecular flexibility index (Phi) is 7.62. The molecule has 1 aromatic carbocycles. The van der Waals surface area contributed by atoms with Gasteiger partial charge in [0.2, 0.25) is 5.91 Å². The number of nitrogens with one attached hydrogen (secondary N) is 2. The summed E-state index contributed by atoms with van der Waals surface area (Å²) >= 11 is 3.46. The number of hydrogen-bond donors (Lipinski definition) is 2. The van der Waals surface area contributed by atoms with Gasteiger partial charge < -0.3 is 15.4 Å². The molecule has 0 atom stereocenters. The predicted molar refractivity (Wildman–Crippen MR) is 84.9 cm³/mol. The highest BCUT2D eigenvalue weighted by atomic mass is 79.9. The van der Waals surface area contributed by atoms with Crippen molar-refractivity contribution in [3.63, 3.8) is 0 Å². The minimum Gasteiger partial charge on any atom is -0.496 e. The zero-order valence-corrected chi connectivity index (χ0v) is 13.9. The van der Waals surface area contributed by atoms with Crippen molar-refractivity contribution in [1.82, 2.24) is 10.6 Å². The zero-order valence-electron chi connectivity index (χ0n) is 12.3. The average Bonchev–Trinajstić information content (AvgIpc) is 2.41. The van der Waals surface area contributed by atoms with Crippen LogP contribution in [0, 0.1) is 5.92 Å². The van der Waals surface area contributed by atoms with Gasteiger partial charge in [-0.1, -0.05) is 19.9 Å². The molecule has 0 aromatic heterocycles. The summed E-state index contributed by atoms with van der Waals surface area (Å²) < 4.78 is 6.12. The van der Waals surface area contributed by atoms with Crippen molar-refractivity contribution in [3.05, 3.63) is 28.2 Å². The summed E-state index contributed by atoms with van der Waals surface area (Å²) in [5.41, 5.74) is 1.15. The fourth-order valence-corrected chi connectivity index (χ4v) is 2.25. The molecule has 0 aliphatic carbocycles. The van der Waals surface area contributed by atoms with Gasteiger partial charge in [0.15, 0.2) is 0 Å². The highest BCUT2D eigenvalue weighted by Crippen LogP contribution is 2.25. The summed E-state index contributed by atoms with van der Waals surface area (Å²) in [4.78, 5) is 11.5. The number of rotatable bonds is 8. The second kappa shape index (κ2) is 8.97. The first-order valence-electron chi connectivity index (χ1n) is 6.82. The minimum atomic E-state index is 0.0992. The predicted octanol–water partition coefficient (Wildman–Crippen LogP) is 2.71. The number of carbonyl (C=O) groups is 1. The SMILES string of the molecule is COc1ccc(CNCCC(=O)NCC(C)C)cc1Br. The molecule has 0 fully saturated rings. The third-order valence-electron chi connectivity index (χ3n) is 2.78. The van der Waals surface area contributed by atoms with Gasteiger partial charge in [-0.25, -0.2) is 0 Å². The van der Waals surface area contributed by atoms with E-state index in [9.17, 15) is 4.79 Å². The molecule has 1 aromatic rings. The lowest BCUT2D eigenvalue weighted by molar-refractivity contribution is -0.121. The molecule has 20 heavy (non-hydrogen) atoms. The number of halogens is 1. The number of hydrogen-bond acceptors (Lipinski definition) is 3. The van der Waals surface area contributed by atoms with Gasteiger partial charge in [0.1, 0.15) is 5.75 Å². The Labute approximate surface area is 129 Å².